The summed E-state index contributed by atoms with van der Waals surface area (Å²) < 4.78 is 7.77. The molecule has 0 radical (unpaired) electrons. The van der Waals surface area contributed by atoms with Crippen LogP contribution in [0.15, 0.2) is 15.9 Å². The standard InChI is InChI=1S/C12H18N4O3/c1-3-5-16-11(17)9-10(14-8-13-9)15(12(16)18)6-4-7-19-2/h8H,3-7H2,1-2H3,(H,13,14). The molecule has 104 valence electrons. The van der Waals surface area contributed by atoms with Gasteiger partial charge in [-0.2, -0.15) is 0 Å². The Morgan fingerprint density at radius 3 is 2.79 bits per heavy atom. The molecule has 0 spiro atoms. The van der Waals surface area contributed by atoms with Crippen LogP contribution in [0.5, 0.6) is 0 Å². The van der Waals surface area contributed by atoms with Gasteiger partial charge in [-0.25, -0.2) is 9.78 Å². The highest BCUT2D eigenvalue weighted by atomic mass is 16.5. The summed E-state index contributed by atoms with van der Waals surface area (Å²) in [6, 6.07) is 0. The number of H-pyrrole nitrogens is 1. The van der Waals surface area contributed by atoms with Gasteiger partial charge >= 0.3 is 5.69 Å². The van der Waals surface area contributed by atoms with Gasteiger partial charge in [0.25, 0.3) is 5.56 Å². The number of rotatable bonds is 6. The summed E-state index contributed by atoms with van der Waals surface area (Å²) in [6.45, 7) is 3.39. The van der Waals surface area contributed by atoms with Gasteiger partial charge in [0.2, 0.25) is 0 Å². The van der Waals surface area contributed by atoms with Gasteiger partial charge in [0, 0.05) is 26.8 Å². The molecule has 1 N–H and O–H groups in total. The number of aromatic nitrogens is 4. The van der Waals surface area contributed by atoms with Crippen LogP contribution in [-0.2, 0) is 17.8 Å². The Balaban J connectivity index is 2.57. The molecule has 0 bridgehead atoms. The van der Waals surface area contributed by atoms with Crippen molar-refractivity contribution in [1.29, 1.82) is 0 Å². The molecular formula is C12H18N4O3. The number of aromatic amines is 1. The Hall–Kier alpha value is -1.89. The molecule has 2 rings (SSSR count). The Morgan fingerprint density at radius 2 is 2.11 bits per heavy atom. The number of imidazole rings is 1. The quantitative estimate of drug-likeness (QED) is 0.764. The van der Waals surface area contributed by atoms with E-state index in [1.54, 1.807) is 7.11 Å². The number of methoxy groups -OCH3 is 1. The van der Waals surface area contributed by atoms with Crippen LogP contribution < -0.4 is 11.2 Å². The van der Waals surface area contributed by atoms with Crippen LogP contribution in [0.4, 0.5) is 0 Å². The lowest BCUT2D eigenvalue weighted by Gasteiger charge is -2.10. The fourth-order valence-corrected chi connectivity index (χ4v) is 2.10. The normalized spacial score (nSPS) is 11.3. The van der Waals surface area contributed by atoms with E-state index in [1.165, 1.54) is 15.5 Å². The molecule has 2 aromatic rings. The Morgan fingerprint density at radius 1 is 1.32 bits per heavy atom. The number of ether oxygens (including phenoxy) is 1. The van der Waals surface area contributed by atoms with Crippen LogP contribution in [-0.4, -0.2) is 32.8 Å². The van der Waals surface area contributed by atoms with E-state index in [0.717, 1.165) is 6.42 Å². The first kappa shape index (κ1) is 13.5. The fraction of sp³-hybridized carbons (Fsp3) is 0.583. The third-order valence-corrected chi connectivity index (χ3v) is 2.97. The van der Waals surface area contributed by atoms with E-state index in [9.17, 15) is 9.59 Å². The maximum absolute atomic E-state index is 12.3. The van der Waals surface area contributed by atoms with Crippen LogP contribution in [0.1, 0.15) is 19.8 Å². The predicted octanol–water partition coefficient (Wildman–Crippen LogP) is 0.333. The van der Waals surface area contributed by atoms with E-state index < -0.39 is 0 Å². The smallest absolute Gasteiger partial charge is 0.332 e. The van der Waals surface area contributed by atoms with E-state index in [0.29, 0.717) is 37.3 Å². The van der Waals surface area contributed by atoms with Gasteiger partial charge in [0.05, 0.1) is 6.33 Å². The molecule has 2 heterocycles. The average Bonchev–Trinajstić information content (AvgIpc) is 2.88. The summed E-state index contributed by atoms with van der Waals surface area (Å²) in [5.74, 6) is 0. The van der Waals surface area contributed by atoms with E-state index in [2.05, 4.69) is 9.97 Å². The van der Waals surface area contributed by atoms with Crippen molar-refractivity contribution in [1.82, 2.24) is 19.1 Å². The van der Waals surface area contributed by atoms with Crippen molar-refractivity contribution in [2.45, 2.75) is 32.9 Å². The van der Waals surface area contributed by atoms with Crippen molar-refractivity contribution in [3.63, 3.8) is 0 Å². The van der Waals surface area contributed by atoms with Crippen LogP contribution >= 0.6 is 0 Å². The van der Waals surface area contributed by atoms with Crippen LogP contribution in [0.2, 0.25) is 0 Å². The number of nitrogens with zero attached hydrogens (tertiary/aromatic N) is 3. The van der Waals surface area contributed by atoms with Gasteiger partial charge < -0.3 is 9.72 Å². The molecule has 2 aromatic heterocycles. The van der Waals surface area contributed by atoms with Gasteiger partial charge in [-0.3, -0.25) is 13.9 Å². The highest BCUT2D eigenvalue weighted by molar-refractivity contribution is 5.68. The molecule has 0 fully saturated rings. The zero-order valence-corrected chi connectivity index (χ0v) is 11.2. The summed E-state index contributed by atoms with van der Waals surface area (Å²) >= 11 is 0. The number of hydrogen-bond acceptors (Lipinski definition) is 4. The third-order valence-electron chi connectivity index (χ3n) is 2.97. The van der Waals surface area contributed by atoms with Crippen LogP contribution in [0.25, 0.3) is 11.2 Å². The molecule has 0 amide bonds. The van der Waals surface area contributed by atoms with Crippen molar-refractivity contribution in [3.05, 3.63) is 27.2 Å². The molecule has 0 aromatic carbocycles. The second kappa shape index (κ2) is 5.83. The van der Waals surface area contributed by atoms with Gasteiger partial charge in [0.15, 0.2) is 5.65 Å². The second-order valence-corrected chi connectivity index (χ2v) is 4.34. The van der Waals surface area contributed by atoms with E-state index in [4.69, 9.17) is 4.74 Å². The van der Waals surface area contributed by atoms with Crippen molar-refractivity contribution in [3.8, 4) is 0 Å². The summed E-state index contributed by atoms with van der Waals surface area (Å²) in [5, 5.41) is 0. The topological polar surface area (TPSA) is 81.9 Å². The van der Waals surface area contributed by atoms with Crippen LogP contribution in [0, 0.1) is 0 Å². The summed E-state index contributed by atoms with van der Waals surface area (Å²) in [6.07, 6.45) is 2.87. The second-order valence-electron chi connectivity index (χ2n) is 4.34. The SMILES string of the molecule is CCCn1c(=O)c2[nH]cnc2n(CCCOC)c1=O. The minimum atomic E-state index is -0.303. The first-order valence-electron chi connectivity index (χ1n) is 6.36. The first-order valence-corrected chi connectivity index (χ1v) is 6.36. The lowest BCUT2D eigenvalue weighted by molar-refractivity contribution is 0.190. The van der Waals surface area contributed by atoms with Crippen molar-refractivity contribution in [2.24, 2.45) is 0 Å². The summed E-state index contributed by atoms with van der Waals surface area (Å²) in [7, 11) is 1.62. The first-order chi connectivity index (χ1) is 9.20. The van der Waals surface area contributed by atoms with Crippen LogP contribution in [0.3, 0.4) is 0 Å². The minimum Gasteiger partial charge on any atom is -0.385 e. The zero-order chi connectivity index (χ0) is 13.8. The lowest BCUT2D eigenvalue weighted by Crippen LogP contribution is -2.40. The average molecular weight is 266 g/mol. The van der Waals surface area contributed by atoms with Crippen molar-refractivity contribution in [2.75, 3.05) is 13.7 Å². The molecule has 0 atom stereocenters. The molecular weight excluding hydrogens is 248 g/mol. The van der Waals surface area contributed by atoms with Gasteiger partial charge in [-0.15, -0.1) is 0 Å². The number of nitrogens with one attached hydrogen (secondary N) is 1. The maximum atomic E-state index is 12.3. The highest BCUT2D eigenvalue weighted by Gasteiger charge is 2.14. The maximum Gasteiger partial charge on any atom is 0.332 e. The highest BCUT2D eigenvalue weighted by Crippen LogP contribution is 2.02. The van der Waals surface area contributed by atoms with Gasteiger partial charge in [0.1, 0.15) is 5.52 Å². The molecule has 7 nitrogen and oxygen atoms in total. The summed E-state index contributed by atoms with van der Waals surface area (Å²) in [5.41, 5.74) is 0.189. The Bertz CT molecular complexity index is 668. The molecule has 0 aliphatic carbocycles. The Labute approximate surface area is 109 Å². The van der Waals surface area contributed by atoms with Crippen molar-refractivity contribution >= 4 is 11.2 Å². The number of fused-ring (bicyclic) bond motifs is 1. The predicted molar refractivity (Wildman–Crippen MR) is 71.4 cm³/mol. The van der Waals surface area contributed by atoms with Gasteiger partial charge in [-0.05, 0) is 12.8 Å². The lowest BCUT2D eigenvalue weighted by atomic mass is 10.4. The molecule has 0 aliphatic heterocycles. The fourth-order valence-electron chi connectivity index (χ4n) is 2.10. The largest absolute Gasteiger partial charge is 0.385 e. The van der Waals surface area contributed by atoms with E-state index in [1.807, 2.05) is 6.92 Å². The minimum absolute atomic E-state index is 0.303. The van der Waals surface area contributed by atoms with E-state index in [-0.39, 0.29) is 11.2 Å². The zero-order valence-electron chi connectivity index (χ0n) is 11.2. The third kappa shape index (κ3) is 2.46. The number of aryl methyl sites for hydroxylation is 1. The van der Waals surface area contributed by atoms with E-state index >= 15 is 0 Å². The number of hydrogen-bond donors (Lipinski definition) is 1. The summed E-state index contributed by atoms with van der Waals surface area (Å²) in [4.78, 5) is 31.3. The Kier molecular flexibility index (Phi) is 4.16. The van der Waals surface area contributed by atoms with Gasteiger partial charge in [-0.1, -0.05) is 6.92 Å². The molecule has 7 heteroatoms. The molecule has 0 saturated carbocycles. The molecule has 0 saturated heterocycles. The molecule has 0 aliphatic rings. The molecule has 0 unspecified atom stereocenters. The monoisotopic (exact) mass is 266 g/mol. The molecule has 19 heavy (non-hydrogen) atoms. The van der Waals surface area contributed by atoms with Crippen molar-refractivity contribution < 1.29 is 4.74 Å².